The van der Waals surface area contributed by atoms with Gasteiger partial charge in [0.25, 0.3) is 5.67 Å². The van der Waals surface area contributed by atoms with E-state index in [1.807, 2.05) is 0 Å². The number of hydrogen-bond donors (Lipinski definition) is 1. The van der Waals surface area contributed by atoms with Crippen LogP contribution in [0.15, 0.2) is 24.3 Å². The lowest BCUT2D eigenvalue weighted by molar-refractivity contribution is -0.303. The molecule has 1 aromatic carbocycles. The Bertz CT molecular complexity index is 714. The van der Waals surface area contributed by atoms with E-state index in [0.29, 0.717) is 0 Å². The van der Waals surface area contributed by atoms with Crippen molar-refractivity contribution in [3.63, 3.8) is 0 Å². The van der Waals surface area contributed by atoms with Gasteiger partial charge in [-0.25, -0.2) is 4.39 Å². The van der Waals surface area contributed by atoms with Crippen molar-refractivity contribution in [2.45, 2.75) is 68.3 Å². The number of rotatable bonds is 4. The third-order valence-corrected chi connectivity index (χ3v) is 4.35. The first-order valence-corrected chi connectivity index (χ1v) is 8.00. The van der Waals surface area contributed by atoms with E-state index in [0.717, 1.165) is 6.07 Å². The molecule has 1 aliphatic rings. The Morgan fingerprint density at radius 3 is 1.68 bits per heavy atom. The zero-order chi connectivity index (χ0) is 22.0. The Balaban J connectivity index is 2.50. The number of aliphatic hydroxyl groups excluding tert-OH is 1. The summed E-state index contributed by atoms with van der Waals surface area (Å²) in [6.45, 7) is 4.60. The highest BCUT2D eigenvalue weighted by molar-refractivity contribution is 5.37. The van der Waals surface area contributed by atoms with Crippen LogP contribution in [0.4, 0.5) is 39.5 Å². The van der Waals surface area contributed by atoms with Crippen LogP contribution in [-0.2, 0) is 0 Å². The normalized spacial score (nSPS) is 25.3. The predicted octanol–water partition coefficient (Wildman–Crippen LogP) is 5.55. The van der Waals surface area contributed by atoms with Crippen LogP contribution < -0.4 is 4.74 Å². The summed E-state index contributed by atoms with van der Waals surface area (Å²) >= 11 is 0. The molecule has 1 unspecified atom stereocenters. The lowest BCUT2D eigenvalue weighted by Crippen LogP contribution is -2.55. The number of aliphatic hydroxyl groups is 1. The van der Waals surface area contributed by atoms with Gasteiger partial charge < -0.3 is 9.84 Å². The maximum Gasteiger partial charge on any atom is 0.381 e. The van der Waals surface area contributed by atoms with Crippen molar-refractivity contribution in [3.05, 3.63) is 29.8 Å². The molecule has 0 spiro atoms. The van der Waals surface area contributed by atoms with E-state index < -0.39 is 53.0 Å². The molecule has 160 valence electrons. The molecule has 2 nitrogen and oxygen atoms in total. The van der Waals surface area contributed by atoms with Crippen LogP contribution in [-0.4, -0.2) is 40.1 Å². The lowest BCUT2D eigenvalue weighted by Gasteiger charge is -2.33. The Hall–Kier alpha value is -1.65. The van der Waals surface area contributed by atoms with Crippen LogP contribution >= 0.6 is 0 Å². The molecule has 0 radical (unpaired) electrons. The summed E-state index contributed by atoms with van der Waals surface area (Å²) < 4.78 is 128. The van der Waals surface area contributed by atoms with Gasteiger partial charge in [-0.1, -0.05) is 18.2 Å². The summed E-state index contributed by atoms with van der Waals surface area (Å²) in [4.78, 5) is 0. The molecule has 0 saturated heterocycles. The molecule has 1 aliphatic carbocycles. The quantitative estimate of drug-likeness (QED) is 0.643. The molecule has 1 atom stereocenters. The highest BCUT2D eigenvalue weighted by Crippen LogP contribution is 2.70. The summed E-state index contributed by atoms with van der Waals surface area (Å²) in [6, 6.07) is 4.72. The molecule has 0 heterocycles. The van der Waals surface area contributed by atoms with Gasteiger partial charge in [-0.3, -0.25) is 0 Å². The van der Waals surface area contributed by atoms with Gasteiger partial charge >= 0.3 is 23.7 Å². The fourth-order valence-electron chi connectivity index (χ4n) is 2.90. The van der Waals surface area contributed by atoms with Gasteiger partial charge in [-0.15, -0.1) is 0 Å². The molecule has 28 heavy (non-hydrogen) atoms. The first-order valence-electron chi connectivity index (χ1n) is 8.00. The first kappa shape index (κ1) is 22.6. The highest BCUT2D eigenvalue weighted by atomic mass is 19.4. The maximum absolute atomic E-state index is 14.6. The number of ether oxygens (including phenoxy) is 1. The molecule has 1 aromatic rings. The van der Waals surface area contributed by atoms with Crippen LogP contribution in [0.3, 0.4) is 0 Å². The summed E-state index contributed by atoms with van der Waals surface area (Å²) in [5.41, 5.74) is -7.15. The Kier molecular flexibility index (Phi) is 4.99. The van der Waals surface area contributed by atoms with Crippen LogP contribution in [0.1, 0.15) is 38.9 Å². The summed E-state index contributed by atoms with van der Waals surface area (Å²) in [7, 11) is 0. The third-order valence-electron chi connectivity index (χ3n) is 4.35. The van der Waals surface area contributed by atoms with Gasteiger partial charge in [0.2, 0.25) is 0 Å². The standard InChI is InChI=1S/C17H17F9O2/c1-12(2,3)28-11-7-5-4-6-9(11)10(27)8-13(18)14(19,20)16(23,24)17(25,26)15(13,21)22/h4-7,10,27H,8H2,1-3H3. The van der Waals surface area contributed by atoms with Crippen molar-refractivity contribution in [3.8, 4) is 5.75 Å². The van der Waals surface area contributed by atoms with E-state index in [4.69, 9.17) is 4.74 Å². The van der Waals surface area contributed by atoms with Crippen LogP contribution in [0.2, 0.25) is 0 Å². The van der Waals surface area contributed by atoms with Crippen LogP contribution in [0, 0.1) is 0 Å². The van der Waals surface area contributed by atoms with Gasteiger partial charge in [-0.05, 0) is 26.8 Å². The Labute approximate surface area is 154 Å². The van der Waals surface area contributed by atoms with Crippen LogP contribution in [0.25, 0.3) is 0 Å². The van der Waals surface area contributed by atoms with E-state index in [-0.39, 0.29) is 5.75 Å². The van der Waals surface area contributed by atoms with Gasteiger partial charge in [0.05, 0.1) is 6.10 Å². The van der Waals surface area contributed by atoms with E-state index in [1.54, 1.807) is 0 Å². The van der Waals surface area contributed by atoms with Crippen molar-refractivity contribution in [1.82, 2.24) is 0 Å². The number of halogens is 9. The Morgan fingerprint density at radius 2 is 1.25 bits per heavy atom. The van der Waals surface area contributed by atoms with Gasteiger partial charge in [0.15, 0.2) is 0 Å². The zero-order valence-electron chi connectivity index (χ0n) is 14.9. The molecule has 0 aromatic heterocycles. The van der Waals surface area contributed by atoms with Crippen molar-refractivity contribution >= 4 is 0 Å². The minimum Gasteiger partial charge on any atom is -0.488 e. The number of alkyl halides is 9. The lowest BCUT2D eigenvalue weighted by atomic mass is 9.87. The fraction of sp³-hybridized carbons (Fsp3) is 0.647. The third kappa shape index (κ3) is 2.84. The molecule has 11 heteroatoms. The van der Waals surface area contributed by atoms with Crippen molar-refractivity contribution < 1.29 is 49.4 Å². The minimum atomic E-state index is -6.67. The topological polar surface area (TPSA) is 29.5 Å². The predicted molar refractivity (Wildman–Crippen MR) is 80.0 cm³/mol. The molecule has 1 fully saturated rings. The van der Waals surface area contributed by atoms with Gasteiger partial charge in [0.1, 0.15) is 11.4 Å². The zero-order valence-corrected chi connectivity index (χ0v) is 14.9. The molecule has 0 aliphatic heterocycles. The molecular formula is C17H17F9O2. The van der Waals surface area contributed by atoms with Crippen molar-refractivity contribution in [1.29, 1.82) is 0 Å². The van der Waals surface area contributed by atoms with Crippen LogP contribution in [0.5, 0.6) is 5.75 Å². The molecule has 2 rings (SSSR count). The van der Waals surface area contributed by atoms with Gasteiger partial charge in [0, 0.05) is 12.0 Å². The Morgan fingerprint density at radius 1 is 0.821 bits per heavy atom. The molecule has 0 bridgehead atoms. The average molecular weight is 424 g/mol. The van der Waals surface area contributed by atoms with E-state index in [9.17, 15) is 44.6 Å². The number of para-hydroxylation sites is 1. The largest absolute Gasteiger partial charge is 0.488 e. The second kappa shape index (κ2) is 6.17. The smallest absolute Gasteiger partial charge is 0.381 e. The summed E-state index contributed by atoms with van der Waals surface area (Å²) in [5.74, 6) is -26.5. The molecule has 1 saturated carbocycles. The van der Waals surface area contributed by atoms with Crippen molar-refractivity contribution in [2.75, 3.05) is 0 Å². The molecular weight excluding hydrogens is 407 g/mol. The SMILES string of the molecule is CC(C)(C)Oc1ccccc1C(O)CC1(F)C(F)(F)C(F)(F)C(F)(F)C1(F)F. The number of benzene rings is 1. The fourth-order valence-corrected chi connectivity index (χ4v) is 2.90. The summed E-state index contributed by atoms with van der Waals surface area (Å²) in [5, 5.41) is 10.1. The molecule has 0 amide bonds. The minimum absolute atomic E-state index is 0.241. The first-order chi connectivity index (χ1) is 12.3. The van der Waals surface area contributed by atoms with E-state index in [1.165, 1.54) is 39.0 Å². The second-order valence-corrected chi connectivity index (χ2v) is 7.57. The van der Waals surface area contributed by atoms with E-state index >= 15 is 0 Å². The molecule has 1 N–H and O–H groups in total. The monoisotopic (exact) mass is 424 g/mol. The maximum atomic E-state index is 14.6. The highest BCUT2D eigenvalue weighted by Gasteiger charge is 3.00. The summed E-state index contributed by atoms with van der Waals surface area (Å²) in [6.07, 6.45) is -4.98. The number of hydrogen-bond acceptors (Lipinski definition) is 2. The van der Waals surface area contributed by atoms with E-state index in [2.05, 4.69) is 0 Å². The van der Waals surface area contributed by atoms with Gasteiger partial charge in [-0.2, -0.15) is 35.1 Å². The second-order valence-electron chi connectivity index (χ2n) is 7.57. The average Bonchev–Trinajstić information content (AvgIpc) is 2.56. The van der Waals surface area contributed by atoms with Crippen molar-refractivity contribution in [2.24, 2.45) is 0 Å².